The lowest BCUT2D eigenvalue weighted by atomic mass is 10.1. The second kappa shape index (κ2) is 6.97. The minimum absolute atomic E-state index is 0.641. The van der Waals surface area contributed by atoms with E-state index in [1.807, 2.05) is 30.8 Å². The zero-order valence-electron chi connectivity index (χ0n) is 15.4. The minimum Gasteiger partial charge on any atom is -0.359 e. The molecule has 0 saturated carbocycles. The third-order valence-electron chi connectivity index (χ3n) is 4.90. The zero-order chi connectivity index (χ0) is 18.1. The van der Waals surface area contributed by atoms with E-state index in [-0.39, 0.29) is 0 Å². The van der Waals surface area contributed by atoms with Crippen LogP contribution in [-0.2, 0) is 7.05 Å². The van der Waals surface area contributed by atoms with Gasteiger partial charge in [-0.25, -0.2) is 9.97 Å². The molecule has 0 amide bonds. The van der Waals surface area contributed by atoms with Crippen LogP contribution in [0.5, 0.6) is 0 Å². The number of aryl methyl sites for hydroxylation is 2. The summed E-state index contributed by atoms with van der Waals surface area (Å²) in [6.07, 6.45) is 4.65. The van der Waals surface area contributed by atoms with Crippen LogP contribution in [0.3, 0.4) is 0 Å². The number of pyridine rings is 1. The summed E-state index contributed by atoms with van der Waals surface area (Å²) in [6.45, 7) is 4.97. The van der Waals surface area contributed by atoms with E-state index in [2.05, 4.69) is 32.9 Å². The van der Waals surface area contributed by atoms with Crippen molar-refractivity contribution in [3.05, 3.63) is 30.2 Å². The molecule has 0 atom stereocenters. The Balaban J connectivity index is 1.73. The van der Waals surface area contributed by atoms with Crippen LogP contribution in [-0.4, -0.2) is 51.4 Å². The molecule has 1 aliphatic heterocycles. The Morgan fingerprint density at radius 1 is 1.27 bits per heavy atom. The first kappa shape index (κ1) is 16.9. The smallest absolute Gasteiger partial charge is 0.165 e. The van der Waals surface area contributed by atoms with Gasteiger partial charge in [-0.3, -0.25) is 20.5 Å². The lowest BCUT2D eigenvalue weighted by Gasteiger charge is -2.21. The van der Waals surface area contributed by atoms with E-state index in [9.17, 15) is 0 Å². The third-order valence-corrected chi connectivity index (χ3v) is 4.90. The van der Waals surface area contributed by atoms with Gasteiger partial charge in [-0.2, -0.15) is 5.10 Å². The van der Waals surface area contributed by atoms with Crippen molar-refractivity contribution in [3.8, 4) is 11.4 Å². The molecule has 0 bridgehead atoms. The summed E-state index contributed by atoms with van der Waals surface area (Å²) in [7, 11) is 4.02. The molecule has 1 aliphatic rings. The highest BCUT2D eigenvalue weighted by Gasteiger charge is 2.20. The van der Waals surface area contributed by atoms with Gasteiger partial charge in [0.15, 0.2) is 11.5 Å². The average Bonchev–Trinajstić information content (AvgIpc) is 3.28. The standard InChI is InChI=1S/C18H24N8/c1-12-15-17(25(2)8-6-13-9-20-21-10-13)22-16(14-5-4-7-19-11-14)23-18(15)26(3)24-12/h4-5,7,11,13,20-21H,6,8-10H2,1-3H3. The van der Waals surface area contributed by atoms with Gasteiger partial charge in [0.1, 0.15) is 5.82 Å². The Morgan fingerprint density at radius 2 is 2.08 bits per heavy atom. The van der Waals surface area contributed by atoms with Gasteiger partial charge in [0, 0.05) is 51.7 Å². The highest BCUT2D eigenvalue weighted by Crippen LogP contribution is 2.29. The first-order valence-electron chi connectivity index (χ1n) is 8.92. The van der Waals surface area contributed by atoms with Crippen molar-refractivity contribution in [1.29, 1.82) is 0 Å². The van der Waals surface area contributed by atoms with Crippen molar-refractivity contribution in [3.63, 3.8) is 0 Å². The lowest BCUT2D eigenvalue weighted by Crippen LogP contribution is -2.24. The van der Waals surface area contributed by atoms with E-state index in [1.165, 1.54) is 0 Å². The van der Waals surface area contributed by atoms with Crippen LogP contribution >= 0.6 is 0 Å². The Labute approximate surface area is 152 Å². The maximum absolute atomic E-state index is 4.88. The summed E-state index contributed by atoms with van der Waals surface area (Å²) < 4.78 is 1.83. The lowest BCUT2D eigenvalue weighted by molar-refractivity contribution is 0.556. The third kappa shape index (κ3) is 3.13. The monoisotopic (exact) mass is 352 g/mol. The molecule has 26 heavy (non-hydrogen) atoms. The average molecular weight is 352 g/mol. The van der Waals surface area contributed by atoms with Gasteiger partial charge in [-0.1, -0.05) is 0 Å². The maximum Gasteiger partial charge on any atom is 0.165 e. The second-order valence-electron chi connectivity index (χ2n) is 6.86. The van der Waals surface area contributed by atoms with Crippen LogP contribution in [0.4, 0.5) is 5.82 Å². The van der Waals surface area contributed by atoms with Crippen molar-refractivity contribution in [2.24, 2.45) is 13.0 Å². The molecule has 0 radical (unpaired) electrons. The number of aromatic nitrogens is 5. The van der Waals surface area contributed by atoms with Gasteiger partial charge in [0.25, 0.3) is 0 Å². The molecule has 2 N–H and O–H groups in total. The summed E-state index contributed by atoms with van der Waals surface area (Å²) >= 11 is 0. The van der Waals surface area contributed by atoms with E-state index in [0.29, 0.717) is 11.7 Å². The van der Waals surface area contributed by atoms with Gasteiger partial charge in [0.2, 0.25) is 0 Å². The number of rotatable bonds is 5. The summed E-state index contributed by atoms with van der Waals surface area (Å²) in [6, 6.07) is 3.89. The topological polar surface area (TPSA) is 83.8 Å². The largest absolute Gasteiger partial charge is 0.359 e. The Hall–Kier alpha value is -2.58. The number of hydrogen-bond acceptors (Lipinski definition) is 7. The molecule has 4 rings (SSSR count). The van der Waals surface area contributed by atoms with E-state index in [4.69, 9.17) is 9.97 Å². The predicted octanol–water partition coefficient (Wildman–Crippen LogP) is 1.28. The van der Waals surface area contributed by atoms with Crippen molar-refractivity contribution >= 4 is 16.9 Å². The van der Waals surface area contributed by atoms with Crippen LogP contribution in [0.25, 0.3) is 22.4 Å². The highest BCUT2D eigenvalue weighted by atomic mass is 15.4. The van der Waals surface area contributed by atoms with Crippen LogP contribution in [0, 0.1) is 12.8 Å². The second-order valence-corrected chi connectivity index (χ2v) is 6.86. The van der Waals surface area contributed by atoms with Crippen molar-refractivity contribution < 1.29 is 0 Å². The number of nitrogens with zero attached hydrogens (tertiary/aromatic N) is 6. The van der Waals surface area contributed by atoms with Crippen LogP contribution < -0.4 is 15.8 Å². The fourth-order valence-electron chi connectivity index (χ4n) is 3.41. The molecule has 8 heteroatoms. The number of anilines is 1. The van der Waals surface area contributed by atoms with Gasteiger partial charge in [-0.15, -0.1) is 0 Å². The molecule has 8 nitrogen and oxygen atoms in total. The molecule has 3 aromatic heterocycles. The number of hydrogen-bond donors (Lipinski definition) is 2. The van der Waals surface area contributed by atoms with Crippen molar-refractivity contribution in [2.45, 2.75) is 13.3 Å². The van der Waals surface area contributed by atoms with Crippen LogP contribution in [0.2, 0.25) is 0 Å². The fraction of sp³-hybridized carbons (Fsp3) is 0.444. The van der Waals surface area contributed by atoms with E-state index in [1.54, 1.807) is 12.4 Å². The maximum atomic E-state index is 4.88. The normalized spacial score (nSPS) is 15.0. The molecular formula is C18H24N8. The summed E-state index contributed by atoms with van der Waals surface area (Å²) in [4.78, 5) is 16.1. The van der Waals surface area contributed by atoms with E-state index < -0.39 is 0 Å². The Morgan fingerprint density at radius 3 is 2.81 bits per heavy atom. The number of nitrogens with one attached hydrogen (secondary N) is 2. The predicted molar refractivity (Wildman–Crippen MR) is 102 cm³/mol. The Kier molecular flexibility index (Phi) is 4.52. The Bertz CT molecular complexity index is 898. The molecule has 3 aromatic rings. The minimum atomic E-state index is 0.641. The number of fused-ring (bicyclic) bond motifs is 1. The molecule has 0 unspecified atom stereocenters. The summed E-state index contributed by atoms with van der Waals surface area (Å²) in [5.74, 6) is 2.25. The van der Waals surface area contributed by atoms with E-state index in [0.717, 1.165) is 54.2 Å². The van der Waals surface area contributed by atoms with E-state index >= 15 is 0 Å². The van der Waals surface area contributed by atoms with Gasteiger partial charge in [-0.05, 0) is 31.4 Å². The molecule has 1 saturated heterocycles. The molecule has 0 aromatic carbocycles. The number of hydrazine groups is 1. The fourth-order valence-corrected chi connectivity index (χ4v) is 3.41. The highest BCUT2D eigenvalue weighted by molar-refractivity contribution is 5.91. The molecule has 0 aliphatic carbocycles. The van der Waals surface area contributed by atoms with Crippen molar-refractivity contribution in [1.82, 2.24) is 35.6 Å². The summed E-state index contributed by atoms with van der Waals surface area (Å²) in [5.41, 5.74) is 9.10. The summed E-state index contributed by atoms with van der Waals surface area (Å²) in [5, 5.41) is 5.58. The zero-order valence-corrected chi connectivity index (χ0v) is 15.4. The SMILES string of the molecule is Cc1nn(C)c2nc(-c3cccnc3)nc(N(C)CCC3CNNC3)c12. The molecule has 1 fully saturated rings. The first-order chi connectivity index (χ1) is 12.6. The first-order valence-corrected chi connectivity index (χ1v) is 8.92. The molecule has 136 valence electrons. The molecule has 4 heterocycles. The quantitative estimate of drug-likeness (QED) is 0.716. The van der Waals surface area contributed by atoms with Gasteiger partial charge < -0.3 is 4.90 Å². The van der Waals surface area contributed by atoms with Crippen LogP contribution in [0.1, 0.15) is 12.1 Å². The van der Waals surface area contributed by atoms with Gasteiger partial charge in [0.05, 0.1) is 11.1 Å². The van der Waals surface area contributed by atoms with Crippen molar-refractivity contribution in [2.75, 3.05) is 31.6 Å². The molecular weight excluding hydrogens is 328 g/mol. The van der Waals surface area contributed by atoms with Gasteiger partial charge >= 0.3 is 0 Å². The molecule has 0 spiro atoms. The van der Waals surface area contributed by atoms with Crippen LogP contribution in [0.15, 0.2) is 24.5 Å².